The van der Waals surface area contributed by atoms with Gasteiger partial charge in [-0.2, -0.15) is 0 Å². The smallest absolute Gasteiger partial charge is 0.266 e. The third-order valence-corrected chi connectivity index (χ3v) is 6.21. The summed E-state index contributed by atoms with van der Waals surface area (Å²) < 4.78 is 44.2. The van der Waals surface area contributed by atoms with Crippen LogP contribution in [0, 0.1) is 19.7 Å². The second-order valence-corrected chi connectivity index (χ2v) is 9.62. The zero-order valence-electron chi connectivity index (χ0n) is 16.7. The van der Waals surface area contributed by atoms with Gasteiger partial charge in [-0.3, -0.25) is 9.52 Å². The van der Waals surface area contributed by atoms with Gasteiger partial charge in [-0.15, -0.1) is 11.3 Å². The van der Waals surface area contributed by atoms with Gasteiger partial charge in [0.05, 0.1) is 28.8 Å². The lowest BCUT2D eigenvalue weighted by molar-refractivity contribution is 0.103. The Morgan fingerprint density at radius 2 is 1.97 bits per heavy atom. The van der Waals surface area contributed by atoms with Gasteiger partial charge in [0.2, 0.25) is 10.0 Å². The number of sulfonamides is 1. The average Bonchev–Trinajstić information content (AvgIpc) is 3.32. The van der Waals surface area contributed by atoms with Crippen molar-refractivity contribution < 1.29 is 22.0 Å². The first-order chi connectivity index (χ1) is 14.6. The number of hydrogen-bond acceptors (Lipinski definition) is 7. The van der Waals surface area contributed by atoms with Crippen molar-refractivity contribution in [2.24, 2.45) is 0 Å². The van der Waals surface area contributed by atoms with Gasteiger partial charge in [-0.05, 0) is 49.7 Å². The van der Waals surface area contributed by atoms with Crippen LogP contribution in [0.5, 0.6) is 0 Å². The molecule has 0 bridgehead atoms. The summed E-state index contributed by atoms with van der Waals surface area (Å²) in [5, 5.41) is 3.46. The van der Waals surface area contributed by atoms with E-state index in [4.69, 9.17) is 4.42 Å². The summed E-state index contributed by atoms with van der Waals surface area (Å²) in [5.41, 5.74) is 1.43. The molecule has 1 amide bonds. The highest BCUT2D eigenvalue weighted by Crippen LogP contribution is 2.33. The maximum absolute atomic E-state index is 13.9. The maximum Gasteiger partial charge on any atom is 0.266 e. The second kappa shape index (κ2) is 7.75. The summed E-state index contributed by atoms with van der Waals surface area (Å²) in [5.74, 6) is -0.216. The largest absolute Gasteiger partial charge is 0.461 e. The number of aromatic nitrogens is 2. The van der Waals surface area contributed by atoms with E-state index >= 15 is 0 Å². The predicted octanol–water partition coefficient (Wildman–Crippen LogP) is 4.33. The van der Waals surface area contributed by atoms with E-state index in [0.717, 1.165) is 23.3 Å². The highest BCUT2D eigenvalue weighted by molar-refractivity contribution is 7.92. The number of fused-ring (bicyclic) bond motifs is 1. The fourth-order valence-corrected chi connectivity index (χ4v) is 4.82. The number of carbonyl (C=O) groups is 1. The van der Waals surface area contributed by atoms with Gasteiger partial charge in [0.25, 0.3) is 5.91 Å². The first kappa shape index (κ1) is 20.9. The summed E-state index contributed by atoms with van der Waals surface area (Å²) in [6, 6.07) is 7.14. The highest BCUT2D eigenvalue weighted by atomic mass is 32.2. The Balaban J connectivity index is 1.68. The second-order valence-electron chi connectivity index (χ2n) is 6.87. The van der Waals surface area contributed by atoms with Gasteiger partial charge in [0.1, 0.15) is 10.6 Å². The van der Waals surface area contributed by atoms with Gasteiger partial charge in [-0.1, -0.05) is 0 Å². The molecule has 4 rings (SSSR count). The third kappa shape index (κ3) is 4.28. The molecule has 0 unspecified atom stereocenters. The summed E-state index contributed by atoms with van der Waals surface area (Å²) in [7, 11) is -3.67. The molecule has 0 aliphatic rings. The minimum Gasteiger partial charge on any atom is -0.461 e. The van der Waals surface area contributed by atoms with Crippen molar-refractivity contribution in [2.75, 3.05) is 16.3 Å². The molecule has 8 nitrogen and oxygen atoms in total. The number of nitrogens with one attached hydrogen (secondary N) is 2. The van der Waals surface area contributed by atoms with E-state index in [0.29, 0.717) is 27.0 Å². The monoisotopic (exact) mass is 460 g/mol. The number of halogens is 1. The zero-order valence-corrected chi connectivity index (χ0v) is 18.3. The molecule has 31 heavy (non-hydrogen) atoms. The number of anilines is 2. The van der Waals surface area contributed by atoms with E-state index in [9.17, 15) is 17.6 Å². The molecular weight excluding hydrogens is 443 g/mol. The molecule has 0 atom stereocenters. The number of carbonyl (C=O) groups excluding carboxylic acids is 1. The van der Waals surface area contributed by atoms with E-state index in [1.807, 2.05) is 6.92 Å². The lowest BCUT2D eigenvalue weighted by Gasteiger charge is -2.09. The van der Waals surface area contributed by atoms with Crippen LogP contribution < -0.4 is 10.0 Å². The maximum atomic E-state index is 13.9. The van der Waals surface area contributed by atoms with Crippen LogP contribution >= 0.6 is 11.3 Å². The van der Waals surface area contributed by atoms with Crippen LogP contribution in [-0.2, 0) is 10.0 Å². The van der Waals surface area contributed by atoms with E-state index in [1.165, 1.54) is 29.7 Å². The molecule has 0 aliphatic heterocycles. The molecule has 160 valence electrons. The van der Waals surface area contributed by atoms with Crippen molar-refractivity contribution in [3.8, 4) is 11.6 Å². The van der Waals surface area contributed by atoms with Crippen LogP contribution in [0.1, 0.15) is 20.9 Å². The Morgan fingerprint density at radius 3 is 2.65 bits per heavy atom. The van der Waals surface area contributed by atoms with Crippen molar-refractivity contribution in [3.63, 3.8) is 0 Å². The Kier molecular flexibility index (Phi) is 5.23. The quantitative estimate of drug-likeness (QED) is 0.458. The molecule has 3 heterocycles. The average molecular weight is 461 g/mol. The fourth-order valence-electron chi connectivity index (χ4n) is 3.14. The summed E-state index contributed by atoms with van der Waals surface area (Å²) in [6.07, 6.45) is 2.45. The minimum atomic E-state index is -3.67. The van der Waals surface area contributed by atoms with Gasteiger partial charge in [0.15, 0.2) is 11.6 Å². The first-order valence-corrected chi connectivity index (χ1v) is 11.7. The Morgan fingerprint density at radius 1 is 1.19 bits per heavy atom. The normalized spacial score (nSPS) is 11.6. The van der Waals surface area contributed by atoms with Gasteiger partial charge >= 0.3 is 0 Å². The summed E-state index contributed by atoms with van der Waals surface area (Å²) >= 11 is 1.20. The van der Waals surface area contributed by atoms with Gasteiger partial charge in [-0.25, -0.2) is 22.8 Å². The van der Waals surface area contributed by atoms with Crippen molar-refractivity contribution in [1.82, 2.24) is 9.97 Å². The Labute approximate surface area is 181 Å². The van der Waals surface area contributed by atoms with E-state index in [2.05, 4.69) is 20.0 Å². The summed E-state index contributed by atoms with van der Waals surface area (Å²) in [4.78, 5) is 23.0. The third-order valence-electron chi connectivity index (χ3n) is 4.44. The van der Waals surface area contributed by atoms with Crippen LogP contribution in [0.4, 0.5) is 15.8 Å². The first-order valence-electron chi connectivity index (χ1n) is 9.02. The SMILES string of the molecule is Cc1nc(-c2ccco2)nc2sc(C(=O)Nc3ccc(F)c(NS(C)(=O)=O)c3)c(C)c12. The molecule has 3 aromatic heterocycles. The Bertz CT molecular complexity index is 1410. The molecule has 0 fully saturated rings. The molecular formula is C20H17FN4O4S2. The van der Waals surface area contributed by atoms with E-state index in [1.54, 1.807) is 19.1 Å². The standard InChI is InChI=1S/C20H17FN4O4S2/c1-10-16-11(2)22-18(15-5-4-8-29-15)24-20(16)30-17(10)19(26)23-12-6-7-13(21)14(9-12)25-31(3,27)28/h4-9,25H,1-3H3,(H,23,26). The number of hydrogen-bond donors (Lipinski definition) is 2. The highest BCUT2D eigenvalue weighted by Gasteiger charge is 2.21. The van der Waals surface area contributed by atoms with Crippen molar-refractivity contribution in [3.05, 3.63) is 58.5 Å². The lowest BCUT2D eigenvalue weighted by atomic mass is 10.1. The number of thiophene rings is 1. The molecule has 4 aromatic rings. The van der Waals surface area contributed by atoms with Crippen LogP contribution in [-0.4, -0.2) is 30.5 Å². The lowest BCUT2D eigenvalue weighted by Crippen LogP contribution is -2.14. The van der Waals surface area contributed by atoms with Crippen LogP contribution in [0.2, 0.25) is 0 Å². The van der Waals surface area contributed by atoms with Crippen molar-refractivity contribution in [2.45, 2.75) is 13.8 Å². The van der Waals surface area contributed by atoms with E-state index < -0.39 is 21.7 Å². The minimum absolute atomic E-state index is 0.244. The molecule has 1 aromatic carbocycles. The number of rotatable bonds is 5. The molecule has 11 heteroatoms. The van der Waals surface area contributed by atoms with Crippen LogP contribution in [0.15, 0.2) is 41.0 Å². The van der Waals surface area contributed by atoms with Crippen LogP contribution in [0.25, 0.3) is 21.8 Å². The number of benzene rings is 1. The number of aryl methyl sites for hydroxylation is 2. The number of nitrogens with zero attached hydrogens (tertiary/aromatic N) is 2. The molecule has 0 radical (unpaired) electrons. The van der Waals surface area contributed by atoms with Crippen molar-refractivity contribution in [1.29, 1.82) is 0 Å². The topological polar surface area (TPSA) is 114 Å². The molecule has 0 saturated carbocycles. The molecule has 0 aliphatic carbocycles. The predicted molar refractivity (Wildman–Crippen MR) is 117 cm³/mol. The zero-order chi connectivity index (χ0) is 22.3. The number of furan rings is 1. The summed E-state index contributed by atoms with van der Waals surface area (Å²) in [6.45, 7) is 3.64. The number of amides is 1. The Hall–Kier alpha value is -3.31. The van der Waals surface area contributed by atoms with Gasteiger partial charge in [0, 0.05) is 11.1 Å². The molecule has 2 N–H and O–H groups in total. The molecule has 0 spiro atoms. The molecule has 0 saturated heterocycles. The van der Waals surface area contributed by atoms with Crippen molar-refractivity contribution >= 4 is 48.9 Å². The van der Waals surface area contributed by atoms with Gasteiger partial charge < -0.3 is 9.73 Å². The van der Waals surface area contributed by atoms with Crippen LogP contribution in [0.3, 0.4) is 0 Å². The van der Waals surface area contributed by atoms with E-state index in [-0.39, 0.29) is 11.4 Å². The fraction of sp³-hybridized carbons (Fsp3) is 0.150.